The largest absolute Gasteiger partial charge is 0.410 e. The molecular formula is C17H25BrOSSi. The molecule has 0 N–H and O–H groups in total. The number of aryl methyl sites for hydroxylation is 1. The maximum Gasteiger partial charge on any atom is 0.192 e. The standard InChI is InChI=1S/C17H25BrOSSi/c1-11(19-21(6,7)17(3,4)5)13-9-8-10-14-15(18)12(2)20-16(13)14/h8-11H,1-7H3/t11-/m1/s1. The highest BCUT2D eigenvalue weighted by Gasteiger charge is 2.38. The first kappa shape index (κ1) is 17.2. The van der Waals surface area contributed by atoms with E-state index in [1.807, 2.05) is 11.3 Å². The number of benzene rings is 1. The van der Waals surface area contributed by atoms with Crippen LogP contribution >= 0.6 is 27.3 Å². The molecule has 1 heterocycles. The summed E-state index contributed by atoms with van der Waals surface area (Å²) in [4.78, 5) is 1.33. The maximum absolute atomic E-state index is 6.58. The van der Waals surface area contributed by atoms with Gasteiger partial charge < -0.3 is 4.43 Å². The highest BCUT2D eigenvalue weighted by molar-refractivity contribution is 9.10. The Morgan fingerprint density at radius 3 is 2.43 bits per heavy atom. The molecule has 1 aromatic heterocycles. The van der Waals surface area contributed by atoms with Gasteiger partial charge in [-0.25, -0.2) is 0 Å². The smallest absolute Gasteiger partial charge is 0.192 e. The van der Waals surface area contributed by atoms with Gasteiger partial charge in [0.15, 0.2) is 8.32 Å². The number of fused-ring (bicyclic) bond motifs is 1. The van der Waals surface area contributed by atoms with E-state index in [4.69, 9.17) is 4.43 Å². The maximum atomic E-state index is 6.58. The molecule has 1 nitrogen and oxygen atoms in total. The molecule has 0 radical (unpaired) electrons. The SMILES string of the molecule is Cc1sc2c([C@@H](C)O[Si](C)(C)C(C)(C)C)cccc2c1Br. The summed E-state index contributed by atoms with van der Waals surface area (Å²) in [5.74, 6) is 0. The number of halogens is 1. The van der Waals surface area contributed by atoms with Crippen molar-refractivity contribution in [3.8, 4) is 0 Å². The summed E-state index contributed by atoms with van der Waals surface area (Å²) < 4.78 is 9.16. The van der Waals surface area contributed by atoms with Gasteiger partial charge in [0.1, 0.15) is 0 Å². The van der Waals surface area contributed by atoms with Crippen LogP contribution in [0.4, 0.5) is 0 Å². The third-order valence-electron chi connectivity index (χ3n) is 4.56. The van der Waals surface area contributed by atoms with Crippen LogP contribution in [-0.4, -0.2) is 8.32 Å². The first-order valence-corrected chi connectivity index (χ1v) is 11.9. The van der Waals surface area contributed by atoms with Gasteiger partial charge in [-0.05, 0) is 53.5 Å². The topological polar surface area (TPSA) is 9.23 Å². The molecule has 2 aromatic rings. The zero-order valence-corrected chi connectivity index (χ0v) is 17.4. The van der Waals surface area contributed by atoms with Gasteiger partial charge in [-0.15, -0.1) is 11.3 Å². The Hall–Kier alpha value is -0.163. The molecule has 2 rings (SSSR count). The summed E-state index contributed by atoms with van der Waals surface area (Å²) in [6.45, 7) is 15.9. The number of hydrogen-bond acceptors (Lipinski definition) is 2. The van der Waals surface area contributed by atoms with Crippen LogP contribution in [0.3, 0.4) is 0 Å². The predicted molar refractivity (Wildman–Crippen MR) is 101 cm³/mol. The predicted octanol–water partition coefficient (Wildman–Crippen LogP) is 7.06. The second-order valence-electron chi connectivity index (χ2n) is 7.22. The Morgan fingerprint density at radius 1 is 1.24 bits per heavy atom. The van der Waals surface area contributed by atoms with Crippen LogP contribution in [0, 0.1) is 6.92 Å². The van der Waals surface area contributed by atoms with Crippen LogP contribution < -0.4 is 0 Å². The Morgan fingerprint density at radius 2 is 1.86 bits per heavy atom. The summed E-state index contributed by atoms with van der Waals surface area (Å²) in [6, 6.07) is 6.54. The third kappa shape index (κ3) is 3.28. The van der Waals surface area contributed by atoms with Crippen molar-refractivity contribution in [1.29, 1.82) is 0 Å². The Balaban J connectivity index is 2.41. The Labute approximate surface area is 142 Å². The van der Waals surface area contributed by atoms with E-state index >= 15 is 0 Å². The quantitative estimate of drug-likeness (QED) is 0.514. The number of thiophene rings is 1. The van der Waals surface area contributed by atoms with Crippen LogP contribution in [0.25, 0.3) is 10.1 Å². The minimum absolute atomic E-state index is 0.138. The zero-order chi connectivity index (χ0) is 16.0. The highest BCUT2D eigenvalue weighted by Crippen LogP contribution is 2.43. The Bertz CT molecular complexity index is 655. The van der Waals surface area contributed by atoms with Crippen molar-refractivity contribution >= 4 is 45.7 Å². The van der Waals surface area contributed by atoms with E-state index < -0.39 is 8.32 Å². The first-order valence-electron chi connectivity index (χ1n) is 7.40. The van der Waals surface area contributed by atoms with Gasteiger partial charge >= 0.3 is 0 Å². The van der Waals surface area contributed by atoms with Crippen LogP contribution in [0.2, 0.25) is 18.1 Å². The van der Waals surface area contributed by atoms with Crippen LogP contribution in [-0.2, 0) is 4.43 Å². The van der Waals surface area contributed by atoms with Crippen molar-refractivity contribution in [1.82, 2.24) is 0 Å². The van der Waals surface area contributed by atoms with Gasteiger partial charge in [0.05, 0.1) is 6.10 Å². The molecule has 116 valence electrons. The van der Waals surface area contributed by atoms with Gasteiger partial charge in [0, 0.05) is 19.4 Å². The molecular weight excluding hydrogens is 360 g/mol. The molecule has 0 aliphatic rings. The molecule has 0 amide bonds. The monoisotopic (exact) mass is 384 g/mol. The lowest BCUT2D eigenvalue weighted by Crippen LogP contribution is -2.41. The molecule has 1 atom stereocenters. The molecule has 0 spiro atoms. The minimum atomic E-state index is -1.75. The van der Waals surface area contributed by atoms with Gasteiger partial charge in [0.25, 0.3) is 0 Å². The number of rotatable bonds is 3. The minimum Gasteiger partial charge on any atom is -0.410 e. The molecule has 0 aliphatic carbocycles. The number of hydrogen-bond donors (Lipinski definition) is 0. The highest BCUT2D eigenvalue weighted by atomic mass is 79.9. The van der Waals surface area contributed by atoms with Crippen molar-refractivity contribution in [3.63, 3.8) is 0 Å². The average Bonchev–Trinajstić information content (AvgIpc) is 2.63. The van der Waals surface area contributed by atoms with Crippen molar-refractivity contribution in [2.24, 2.45) is 0 Å². The van der Waals surface area contributed by atoms with Crippen molar-refractivity contribution in [2.45, 2.75) is 58.9 Å². The van der Waals surface area contributed by atoms with Gasteiger partial charge in [-0.1, -0.05) is 39.0 Å². The van der Waals surface area contributed by atoms with E-state index in [1.54, 1.807) is 0 Å². The van der Waals surface area contributed by atoms with Gasteiger partial charge in [-0.3, -0.25) is 0 Å². The van der Waals surface area contributed by atoms with E-state index in [1.165, 1.54) is 25.0 Å². The fraction of sp³-hybridized carbons (Fsp3) is 0.529. The average molecular weight is 385 g/mol. The molecule has 0 saturated carbocycles. The third-order valence-corrected chi connectivity index (χ3v) is 11.6. The van der Waals surface area contributed by atoms with E-state index in [-0.39, 0.29) is 11.1 Å². The lowest BCUT2D eigenvalue weighted by molar-refractivity contribution is 0.204. The van der Waals surface area contributed by atoms with Crippen molar-refractivity contribution < 1.29 is 4.43 Å². The van der Waals surface area contributed by atoms with Crippen molar-refractivity contribution in [2.75, 3.05) is 0 Å². The van der Waals surface area contributed by atoms with E-state index in [0.29, 0.717) is 0 Å². The lowest BCUT2D eigenvalue weighted by Gasteiger charge is -2.38. The second-order valence-corrected chi connectivity index (χ2v) is 14.0. The second kappa shape index (κ2) is 5.80. The van der Waals surface area contributed by atoms with Crippen LogP contribution in [0.5, 0.6) is 0 Å². The van der Waals surface area contributed by atoms with Crippen LogP contribution in [0.1, 0.15) is 44.2 Å². The van der Waals surface area contributed by atoms with E-state index in [2.05, 4.69) is 81.8 Å². The summed E-state index contributed by atoms with van der Waals surface area (Å²) >= 11 is 5.56. The molecule has 1 aromatic carbocycles. The lowest BCUT2D eigenvalue weighted by atomic mass is 10.1. The molecule has 0 aliphatic heterocycles. The van der Waals surface area contributed by atoms with Crippen LogP contribution in [0.15, 0.2) is 22.7 Å². The fourth-order valence-corrected chi connectivity index (χ4v) is 5.44. The van der Waals surface area contributed by atoms with E-state index in [0.717, 1.165) is 0 Å². The summed E-state index contributed by atoms with van der Waals surface area (Å²) in [5, 5.41) is 1.54. The first-order chi connectivity index (χ1) is 9.54. The summed E-state index contributed by atoms with van der Waals surface area (Å²) in [5.41, 5.74) is 1.32. The summed E-state index contributed by atoms with van der Waals surface area (Å²) in [6.07, 6.45) is 0.138. The molecule has 0 bridgehead atoms. The molecule has 0 saturated heterocycles. The molecule has 21 heavy (non-hydrogen) atoms. The van der Waals surface area contributed by atoms with Crippen molar-refractivity contribution in [3.05, 3.63) is 33.1 Å². The Kier molecular flexibility index (Phi) is 4.75. The van der Waals surface area contributed by atoms with E-state index in [9.17, 15) is 0 Å². The summed E-state index contributed by atoms with van der Waals surface area (Å²) in [7, 11) is -1.75. The van der Waals surface area contributed by atoms with Gasteiger partial charge in [0.2, 0.25) is 0 Å². The molecule has 4 heteroatoms. The molecule has 0 unspecified atom stereocenters. The van der Waals surface area contributed by atoms with Gasteiger partial charge in [-0.2, -0.15) is 0 Å². The normalized spacial score (nSPS) is 14.7. The molecule has 0 fully saturated rings. The zero-order valence-electron chi connectivity index (χ0n) is 14.0. The fourth-order valence-electron chi connectivity index (χ4n) is 2.23.